The Labute approximate surface area is 107 Å². The number of carbonyl (C=O) groups excluding carboxylic acids is 1. The Morgan fingerprint density at radius 1 is 1.17 bits per heavy atom. The molecule has 0 radical (unpaired) electrons. The normalized spacial score (nSPS) is 24.4. The Morgan fingerprint density at radius 3 is 2.56 bits per heavy atom. The second kappa shape index (κ2) is 6.04. The second-order valence-corrected chi connectivity index (χ2v) is 4.97. The van der Waals surface area contributed by atoms with Gasteiger partial charge in [-0.25, -0.2) is 9.59 Å². The molecule has 2 saturated heterocycles. The van der Waals surface area contributed by atoms with E-state index in [-0.39, 0.29) is 6.03 Å². The highest BCUT2D eigenvalue weighted by molar-refractivity contribution is 5.83. The number of nitrogens with zero attached hydrogens (tertiary/aromatic N) is 2. The molecule has 0 aromatic carbocycles. The molecule has 0 unspecified atom stereocenters. The van der Waals surface area contributed by atoms with Crippen molar-refractivity contribution in [2.24, 2.45) is 0 Å². The van der Waals surface area contributed by atoms with Crippen LogP contribution >= 0.6 is 0 Å². The van der Waals surface area contributed by atoms with Gasteiger partial charge in [0.05, 0.1) is 0 Å². The van der Waals surface area contributed by atoms with E-state index < -0.39 is 12.0 Å². The Bertz CT molecular complexity index is 316. The molecule has 2 amide bonds. The number of aliphatic carboxylic acids is 1. The molecule has 0 saturated carbocycles. The highest BCUT2D eigenvalue weighted by Crippen LogP contribution is 2.17. The van der Waals surface area contributed by atoms with E-state index in [1.54, 1.807) is 0 Å². The van der Waals surface area contributed by atoms with Crippen molar-refractivity contribution in [3.05, 3.63) is 0 Å². The zero-order chi connectivity index (χ0) is 13.0. The zero-order valence-electron chi connectivity index (χ0n) is 10.6. The van der Waals surface area contributed by atoms with Crippen molar-refractivity contribution >= 4 is 12.0 Å². The number of hydrogen-bond acceptors (Lipinski definition) is 3. The molecule has 2 fully saturated rings. The number of carboxylic acids is 1. The fraction of sp³-hybridized carbons (Fsp3) is 0.833. The molecule has 0 aromatic rings. The zero-order valence-corrected chi connectivity index (χ0v) is 10.6. The summed E-state index contributed by atoms with van der Waals surface area (Å²) < 4.78 is 0. The lowest BCUT2D eigenvalue weighted by atomic mass is 10.2. The molecule has 2 N–H and O–H groups in total. The molecule has 0 aliphatic carbocycles. The molecule has 6 heteroatoms. The molecule has 6 nitrogen and oxygen atoms in total. The van der Waals surface area contributed by atoms with Crippen molar-refractivity contribution < 1.29 is 14.7 Å². The summed E-state index contributed by atoms with van der Waals surface area (Å²) in [6.07, 6.45) is 3.81. The maximum Gasteiger partial charge on any atom is 0.326 e. The van der Waals surface area contributed by atoms with Crippen LogP contribution in [0.15, 0.2) is 0 Å². The third-order valence-corrected chi connectivity index (χ3v) is 3.70. The third kappa shape index (κ3) is 3.13. The topological polar surface area (TPSA) is 72.9 Å². The van der Waals surface area contributed by atoms with E-state index >= 15 is 0 Å². The van der Waals surface area contributed by atoms with Gasteiger partial charge < -0.3 is 20.2 Å². The molecule has 1 atom stereocenters. The summed E-state index contributed by atoms with van der Waals surface area (Å²) in [6, 6.07) is -0.879. The van der Waals surface area contributed by atoms with Crippen molar-refractivity contribution in [1.82, 2.24) is 15.1 Å². The molecule has 102 valence electrons. The summed E-state index contributed by atoms with van der Waals surface area (Å²) in [6.45, 7) is 4.22. The van der Waals surface area contributed by atoms with Crippen molar-refractivity contribution in [3.63, 3.8) is 0 Å². The van der Waals surface area contributed by atoms with Crippen LogP contribution < -0.4 is 5.32 Å². The van der Waals surface area contributed by atoms with Crippen LogP contribution in [0.5, 0.6) is 0 Å². The molecule has 0 aromatic heterocycles. The number of amides is 2. The van der Waals surface area contributed by atoms with Crippen LogP contribution in [-0.4, -0.2) is 65.7 Å². The molecule has 0 bridgehead atoms. The van der Waals surface area contributed by atoms with Gasteiger partial charge in [-0.05, 0) is 38.8 Å². The van der Waals surface area contributed by atoms with Gasteiger partial charge in [-0.3, -0.25) is 0 Å². The van der Waals surface area contributed by atoms with E-state index in [1.165, 1.54) is 17.7 Å². The van der Waals surface area contributed by atoms with Crippen LogP contribution in [0, 0.1) is 0 Å². The van der Waals surface area contributed by atoms with Gasteiger partial charge in [0.25, 0.3) is 0 Å². The molecule has 2 rings (SSSR count). The predicted octanol–water partition coefficient (Wildman–Crippen LogP) is 0.341. The molecular formula is C12H21N3O3. The maximum atomic E-state index is 11.9. The summed E-state index contributed by atoms with van der Waals surface area (Å²) in [5, 5.41) is 11.8. The highest BCUT2D eigenvalue weighted by atomic mass is 16.4. The van der Waals surface area contributed by atoms with Gasteiger partial charge in [0, 0.05) is 19.6 Å². The molecule has 2 aliphatic rings. The number of nitrogens with one attached hydrogen (secondary N) is 1. The summed E-state index contributed by atoms with van der Waals surface area (Å²) in [5.74, 6) is -0.901. The number of carboxylic acid groups (broad SMARTS) is 1. The Hall–Kier alpha value is -1.30. The fourth-order valence-corrected chi connectivity index (χ4v) is 2.70. The summed E-state index contributed by atoms with van der Waals surface area (Å²) in [7, 11) is 0. The van der Waals surface area contributed by atoms with Gasteiger partial charge in [-0.2, -0.15) is 0 Å². The van der Waals surface area contributed by atoms with Crippen molar-refractivity contribution in [2.75, 3.05) is 32.7 Å². The van der Waals surface area contributed by atoms with Gasteiger partial charge >= 0.3 is 12.0 Å². The fourth-order valence-electron chi connectivity index (χ4n) is 2.70. The summed E-state index contributed by atoms with van der Waals surface area (Å²) in [5.41, 5.74) is 0. The van der Waals surface area contributed by atoms with E-state index in [0.717, 1.165) is 26.1 Å². The minimum Gasteiger partial charge on any atom is -0.480 e. The molecule has 2 aliphatic heterocycles. The standard InChI is InChI=1S/C12H21N3O3/c16-11(17)10-4-3-8-15(10)12(18)13-5-9-14-6-1-2-7-14/h10H,1-9H2,(H,13,18)(H,16,17)/t10-/m1/s1. The molecular weight excluding hydrogens is 234 g/mol. The maximum absolute atomic E-state index is 11.9. The lowest BCUT2D eigenvalue weighted by Crippen LogP contribution is -2.47. The Kier molecular flexibility index (Phi) is 4.41. The average molecular weight is 255 g/mol. The van der Waals surface area contributed by atoms with Crippen LogP contribution in [0.1, 0.15) is 25.7 Å². The van der Waals surface area contributed by atoms with Crippen LogP contribution in [-0.2, 0) is 4.79 Å². The Balaban J connectivity index is 1.71. The molecule has 2 heterocycles. The summed E-state index contributed by atoms with van der Waals surface area (Å²) in [4.78, 5) is 26.6. The Morgan fingerprint density at radius 2 is 1.89 bits per heavy atom. The monoisotopic (exact) mass is 255 g/mol. The van der Waals surface area contributed by atoms with Crippen LogP contribution in [0.2, 0.25) is 0 Å². The van der Waals surface area contributed by atoms with Crippen molar-refractivity contribution in [1.29, 1.82) is 0 Å². The SMILES string of the molecule is O=C(O)[C@H]1CCCN1C(=O)NCCN1CCCC1. The van der Waals surface area contributed by atoms with Crippen molar-refractivity contribution in [2.45, 2.75) is 31.7 Å². The first kappa shape index (κ1) is 13.1. The summed E-state index contributed by atoms with van der Waals surface area (Å²) >= 11 is 0. The van der Waals surface area contributed by atoms with E-state index in [0.29, 0.717) is 19.5 Å². The minimum absolute atomic E-state index is 0.237. The number of rotatable bonds is 4. The van der Waals surface area contributed by atoms with E-state index in [2.05, 4.69) is 10.2 Å². The lowest BCUT2D eigenvalue weighted by Gasteiger charge is -2.22. The number of carbonyl (C=O) groups is 2. The van der Waals surface area contributed by atoms with Gasteiger partial charge in [0.15, 0.2) is 0 Å². The van der Waals surface area contributed by atoms with Gasteiger partial charge in [-0.15, -0.1) is 0 Å². The van der Waals surface area contributed by atoms with E-state index in [9.17, 15) is 9.59 Å². The number of urea groups is 1. The van der Waals surface area contributed by atoms with Crippen molar-refractivity contribution in [3.8, 4) is 0 Å². The molecule has 18 heavy (non-hydrogen) atoms. The first-order valence-electron chi connectivity index (χ1n) is 6.68. The lowest BCUT2D eigenvalue weighted by molar-refractivity contribution is -0.141. The van der Waals surface area contributed by atoms with Crippen LogP contribution in [0.4, 0.5) is 4.79 Å². The smallest absolute Gasteiger partial charge is 0.326 e. The third-order valence-electron chi connectivity index (χ3n) is 3.70. The highest BCUT2D eigenvalue weighted by Gasteiger charge is 2.33. The van der Waals surface area contributed by atoms with Gasteiger partial charge in [0.2, 0.25) is 0 Å². The number of likely N-dealkylation sites (tertiary alicyclic amines) is 2. The average Bonchev–Trinajstić information content (AvgIpc) is 2.99. The first-order chi connectivity index (χ1) is 8.68. The number of hydrogen-bond donors (Lipinski definition) is 2. The quantitative estimate of drug-likeness (QED) is 0.760. The van der Waals surface area contributed by atoms with Crippen LogP contribution in [0.25, 0.3) is 0 Å². The first-order valence-corrected chi connectivity index (χ1v) is 6.68. The van der Waals surface area contributed by atoms with Crippen LogP contribution in [0.3, 0.4) is 0 Å². The predicted molar refractivity (Wildman–Crippen MR) is 66.4 cm³/mol. The van der Waals surface area contributed by atoms with E-state index in [1.807, 2.05) is 0 Å². The van der Waals surface area contributed by atoms with Gasteiger partial charge in [0.1, 0.15) is 6.04 Å². The van der Waals surface area contributed by atoms with Gasteiger partial charge in [-0.1, -0.05) is 0 Å². The van der Waals surface area contributed by atoms with E-state index in [4.69, 9.17) is 5.11 Å². The molecule has 0 spiro atoms. The largest absolute Gasteiger partial charge is 0.480 e. The second-order valence-electron chi connectivity index (χ2n) is 4.97. The minimum atomic E-state index is -0.901.